The Hall–Kier alpha value is -1.79. The van der Waals surface area contributed by atoms with E-state index in [-0.39, 0.29) is 19.8 Å². The van der Waals surface area contributed by atoms with Gasteiger partial charge in [-0.05, 0) is 41.0 Å². The number of rotatable bonds is 9. The molecule has 7 nitrogen and oxygen atoms in total. The molecule has 24 heavy (non-hydrogen) atoms. The number of hydrogen-bond acceptors (Lipinski definition) is 6. The van der Waals surface area contributed by atoms with E-state index in [1.54, 1.807) is 34.6 Å². The van der Waals surface area contributed by atoms with Crippen LogP contribution < -0.4 is 0 Å². The lowest BCUT2D eigenvalue weighted by Crippen LogP contribution is -2.53. The van der Waals surface area contributed by atoms with E-state index >= 15 is 0 Å². The van der Waals surface area contributed by atoms with E-state index in [0.29, 0.717) is 6.42 Å². The fraction of sp³-hybridized carbons (Fsp3) is 0.824. The molecule has 0 heterocycles. The molecule has 0 aromatic heterocycles. The second kappa shape index (κ2) is 10.9. The molecule has 0 aromatic carbocycles. The topological polar surface area (TPSA) is 82.1 Å². The Morgan fingerprint density at radius 2 is 1.42 bits per heavy atom. The SMILES string of the molecule is CCCCCN(C(=O)OC(C)(C)C)C(C(=O)OCC)C(=O)OCC. The van der Waals surface area contributed by atoms with E-state index < -0.39 is 29.7 Å². The number of ether oxygens (including phenoxy) is 3. The lowest BCUT2D eigenvalue weighted by Gasteiger charge is -2.31. The normalized spacial score (nSPS) is 11.1. The zero-order valence-corrected chi connectivity index (χ0v) is 15.7. The van der Waals surface area contributed by atoms with Crippen molar-refractivity contribution in [1.29, 1.82) is 0 Å². The van der Waals surface area contributed by atoms with Crippen LogP contribution in [0.15, 0.2) is 0 Å². The molecule has 140 valence electrons. The maximum Gasteiger partial charge on any atom is 0.411 e. The molecule has 0 atom stereocenters. The molecule has 0 saturated heterocycles. The molecule has 0 spiro atoms. The van der Waals surface area contributed by atoms with Crippen molar-refractivity contribution in [1.82, 2.24) is 4.90 Å². The Labute approximate surface area is 144 Å². The van der Waals surface area contributed by atoms with Gasteiger partial charge in [0.05, 0.1) is 13.2 Å². The smallest absolute Gasteiger partial charge is 0.411 e. The number of nitrogens with zero attached hydrogens (tertiary/aromatic N) is 1. The van der Waals surface area contributed by atoms with Gasteiger partial charge in [-0.25, -0.2) is 14.4 Å². The van der Waals surface area contributed by atoms with Gasteiger partial charge in [0.2, 0.25) is 6.04 Å². The molecule has 0 rings (SSSR count). The first-order valence-electron chi connectivity index (χ1n) is 8.50. The molecule has 0 radical (unpaired) electrons. The summed E-state index contributed by atoms with van der Waals surface area (Å²) in [5.74, 6) is -1.61. The molecule has 0 saturated carbocycles. The van der Waals surface area contributed by atoms with Crippen molar-refractivity contribution in [3.63, 3.8) is 0 Å². The highest BCUT2D eigenvalue weighted by molar-refractivity contribution is 6.01. The summed E-state index contributed by atoms with van der Waals surface area (Å²) >= 11 is 0. The van der Waals surface area contributed by atoms with Crippen LogP contribution in [0.4, 0.5) is 4.79 Å². The minimum Gasteiger partial charge on any atom is -0.464 e. The van der Waals surface area contributed by atoms with E-state index in [1.807, 2.05) is 6.92 Å². The molecule has 7 heteroatoms. The molecule has 1 amide bonds. The van der Waals surface area contributed by atoms with Gasteiger partial charge in [-0.2, -0.15) is 0 Å². The van der Waals surface area contributed by atoms with Crippen LogP contribution in [0, 0.1) is 0 Å². The van der Waals surface area contributed by atoms with Crippen molar-refractivity contribution >= 4 is 18.0 Å². The molecule has 0 unspecified atom stereocenters. The molecule has 0 fully saturated rings. The summed E-state index contributed by atoms with van der Waals surface area (Å²) in [7, 11) is 0. The Kier molecular flexibility index (Phi) is 10.1. The summed E-state index contributed by atoms with van der Waals surface area (Å²) in [5, 5.41) is 0. The van der Waals surface area contributed by atoms with Crippen LogP contribution in [0.3, 0.4) is 0 Å². The predicted octanol–water partition coefficient (Wildman–Crippen LogP) is 2.91. The fourth-order valence-corrected chi connectivity index (χ4v) is 1.97. The fourth-order valence-electron chi connectivity index (χ4n) is 1.97. The molecular formula is C17H31NO6. The average Bonchev–Trinajstić information content (AvgIpc) is 2.45. The highest BCUT2D eigenvalue weighted by Crippen LogP contribution is 2.15. The first-order valence-corrected chi connectivity index (χ1v) is 8.50. The van der Waals surface area contributed by atoms with Gasteiger partial charge in [0, 0.05) is 6.54 Å². The average molecular weight is 345 g/mol. The minimum atomic E-state index is -1.45. The van der Waals surface area contributed by atoms with Crippen molar-refractivity contribution in [2.45, 2.75) is 72.4 Å². The maximum absolute atomic E-state index is 12.5. The third kappa shape index (κ3) is 8.17. The van der Waals surface area contributed by atoms with E-state index in [0.717, 1.165) is 17.7 Å². The number of amides is 1. The van der Waals surface area contributed by atoms with Crippen LogP contribution in [-0.2, 0) is 23.8 Å². The van der Waals surface area contributed by atoms with Gasteiger partial charge < -0.3 is 14.2 Å². The quantitative estimate of drug-likeness (QED) is 0.277. The molecule has 0 aliphatic heterocycles. The van der Waals surface area contributed by atoms with E-state index in [4.69, 9.17) is 14.2 Å². The maximum atomic E-state index is 12.5. The zero-order chi connectivity index (χ0) is 18.8. The molecule has 0 aliphatic carbocycles. The van der Waals surface area contributed by atoms with Crippen LogP contribution in [0.2, 0.25) is 0 Å². The van der Waals surface area contributed by atoms with Gasteiger partial charge in [0.1, 0.15) is 5.60 Å². The lowest BCUT2D eigenvalue weighted by atomic mass is 10.2. The summed E-state index contributed by atoms with van der Waals surface area (Å²) in [5.41, 5.74) is -0.742. The third-order valence-electron chi connectivity index (χ3n) is 2.96. The van der Waals surface area contributed by atoms with Crippen molar-refractivity contribution in [3.05, 3.63) is 0 Å². The monoisotopic (exact) mass is 345 g/mol. The number of esters is 2. The zero-order valence-electron chi connectivity index (χ0n) is 15.7. The Morgan fingerprint density at radius 3 is 1.79 bits per heavy atom. The minimum absolute atomic E-state index is 0.103. The summed E-state index contributed by atoms with van der Waals surface area (Å²) in [6.45, 7) is 10.9. The number of hydrogen-bond donors (Lipinski definition) is 0. The highest BCUT2D eigenvalue weighted by atomic mass is 16.6. The van der Waals surface area contributed by atoms with Crippen LogP contribution in [-0.4, -0.2) is 54.3 Å². The first kappa shape index (κ1) is 22.2. The van der Waals surface area contributed by atoms with Gasteiger partial charge in [-0.1, -0.05) is 19.8 Å². The predicted molar refractivity (Wildman–Crippen MR) is 89.5 cm³/mol. The van der Waals surface area contributed by atoms with E-state index in [9.17, 15) is 14.4 Å². The number of carbonyl (C=O) groups is 3. The molecular weight excluding hydrogens is 314 g/mol. The van der Waals surface area contributed by atoms with Gasteiger partial charge in [0.25, 0.3) is 0 Å². The first-order chi connectivity index (χ1) is 11.2. The Balaban J connectivity index is 5.47. The van der Waals surface area contributed by atoms with E-state index in [2.05, 4.69) is 0 Å². The lowest BCUT2D eigenvalue weighted by molar-refractivity contribution is -0.163. The summed E-state index contributed by atoms with van der Waals surface area (Å²) in [6, 6.07) is -1.45. The number of unbranched alkanes of at least 4 members (excludes halogenated alkanes) is 2. The van der Waals surface area contributed by atoms with Crippen molar-refractivity contribution in [3.8, 4) is 0 Å². The van der Waals surface area contributed by atoms with Crippen molar-refractivity contribution in [2.75, 3.05) is 19.8 Å². The Morgan fingerprint density at radius 1 is 0.917 bits per heavy atom. The standard InChI is InChI=1S/C17H31NO6/c1-7-10-11-12-18(16(21)24-17(4,5)6)13(14(19)22-8-2)15(20)23-9-3/h13H,7-12H2,1-6H3. The molecule has 0 aromatic rings. The Bertz CT molecular complexity index is 398. The van der Waals surface area contributed by atoms with Crippen LogP contribution >= 0.6 is 0 Å². The van der Waals surface area contributed by atoms with E-state index in [1.165, 1.54) is 0 Å². The van der Waals surface area contributed by atoms with Crippen LogP contribution in [0.25, 0.3) is 0 Å². The second-order valence-corrected chi connectivity index (χ2v) is 6.29. The summed E-state index contributed by atoms with van der Waals surface area (Å²) in [6.07, 6.45) is 1.71. The molecule has 0 aliphatic rings. The van der Waals surface area contributed by atoms with Crippen molar-refractivity contribution in [2.24, 2.45) is 0 Å². The third-order valence-corrected chi connectivity index (χ3v) is 2.96. The summed E-state index contributed by atoms with van der Waals surface area (Å²) < 4.78 is 15.2. The van der Waals surface area contributed by atoms with Crippen LogP contribution in [0.1, 0.15) is 60.8 Å². The summed E-state index contributed by atoms with van der Waals surface area (Å²) in [4.78, 5) is 38.1. The molecule has 0 N–H and O–H groups in total. The molecule has 0 bridgehead atoms. The number of carbonyl (C=O) groups excluding carboxylic acids is 3. The van der Waals surface area contributed by atoms with Crippen molar-refractivity contribution < 1.29 is 28.6 Å². The second-order valence-electron chi connectivity index (χ2n) is 6.29. The van der Waals surface area contributed by atoms with Gasteiger partial charge in [0.15, 0.2) is 0 Å². The van der Waals surface area contributed by atoms with Gasteiger partial charge in [-0.3, -0.25) is 4.90 Å². The van der Waals surface area contributed by atoms with Gasteiger partial charge >= 0.3 is 18.0 Å². The van der Waals surface area contributed by atoms with Crippen LogP contribution in [0.5, 0.6) is 0 Å². The highest BCUT2D eigenvalue weighted by Gasteiger charge is 2.40. The largest absolute Gasteiger partial charge is 0.464 e. The van der Waals surface area contributed by atoms with Gasteiger partial charge in [-0.15, -0.1) is 0 Å².